The number of alkyl halides is 3. The molecule has 2 heterocycles. The van der Waals surface area contributed by atoms with E-state index in [1.165, 1.54) is 19.2 Å². The van der Waals surface area contributed by atoms with Gasteiger partial charge in [0.25, 0.3) is 5.91 Å². The van der Waals surface area contributed by atoms with Gasteiger partial charge in [0.2, 0.25) is 10.0 Å². The topological polar surface area (TPSA) is 129 Å². The highest BCUT2D eigenvalue weighted by Crippen LogP contribution is 2.29. The summed E-state index contributed by atoms with van der Waals surface area (Å²) in [7, 11) is -2.77. The van der Waals surface area contributed by atoms with Crippen LogP contribution < -0.4 is 15.2 Å². The molecule has 2 aromatic heterocycles. The average Bonchev–Trinajstić information content (AvgIpc) is 3.06. The molecular formula is C16H14F3N5O4S. The molecule has 0 spiro atoms. The molecule has 0 atom stereocenters. The fraction of sp³-hybridized carbons (Fsp3) is 0.188. The van der Waals surface area contributed by atoms with Crippen molar-refractivity contribution < 1.29 is 31.1 Å². The van der Waals surface area contributed by atoms with Gasteiger partial charge in [0.15, 0.2) is 11.5 Å². The monoisotopic (exact) mass is 429 g/mol. The smallest absolute Gasteiger partial charge is 0.417 e. The molecule has 3 rings (SSSR count). The summed E-state index contributed by atoms with van der Waals surface area (Å²) in [5.74, 6) is -0.613. The van der Waals surface area contributed by atoms with E-state index >= 15 is 0 Å². The van der Waals surface area contributed by atoms with Gasteiger partial charge < -0.3 is 10.1 Å². The van der Waals surface area contributed by atoms with Gasteiger partial charge in [-0.15, -0.1) is 10.2 Å². The van der Waals surface area contributed by atoms with Crippen LogP contribution in [0.25, 0.3) is 5.65 Å². The van der Waals surface area contributed by atoms with E-state index in [1.807, 2.05) is 0 Å². The number of nitrogens with two attached hydrogens (primary N) is 1. The van der Waals surface area contributed by atoms with Gasteiger partial charge in [-0.05, 0) is 30.3 Å². The van der Waals surface area contributed by atoms with Crippen molar-refractivity contribution in [3.05, 3.63) is 53.5 Å². The Morgan fingerprint density at radius 3 is 2.59 bits per heavy atom. The van der Waals surface area contributed by atoms with Crippen molar-refractivity contribution in [2.45, 2.75) is 17.6 Å². The zero-order chi connectivity index (χ0) is 21.4. The number of methoxy groups -OCH3 is 1. The lowest BCUT2D eigenvalue weighted by atomic mass is 10.2. The highest BCUT2D eigenvalue weighted by molar-refractivity contribution is 7.89. The molecule has 1 amide bonds. The first kappa shape index (κ1) is 20.5. The van der Waals surface area contributed by atoms with Crippen molar-refractivity contribution >= 4 is 21.6 Å². The number of primary sulfonamides is 1. The SMILES string of the molecule is COc1ccc(S(N)(=O)=O)cc1C(=O)NCc1nnc2ccc(C(F)(F)F)cn12. The second-order valence-corrected chi connectivity index (χ2v) is 7.41. The first-order valence-electron chi connectivity index (χ1n) is 7.90. The third-order valence-corrected chi connectivity index (χ3v) is 4.86. The van der Waals surface area contributed by atoms with Crippen LogP contribution in [-0.2, 0) is 22.7 Å². The molecule has 0 aliphatic heterocycles. The number of nitrogens with one attached hydrogen (secondary N) is 1. The Balaban J connectivity index is 1.88. The second kappa shape index (κ2) is 7.33. The number of carbonyl (C=O) groups excluding carboxylic acids is 1. The van der Waals surface area contributed by atoms with E-state index in [4.69, 9.17) is 9.88 Å². The van der Waals surface area contributed by atoms with Crippen LogP contribution in [0.4, 0.5) is 13.2 Å². The molecule has 154 valence electrons. The van der Waals surface area contributed by atoms with Crippen LogP contribution in [0.15, 0.2) is 41.4 Å². The molecule has 1 aromatic carbocycles. The number of carbonyl (C=O) groups is 1. The number of hydrogen-bond donors (Lipinski definition) is 2. The Bertz CT molecular complexity index is 1190. The summed E-state index contributed by atoms with van der Waals surface area (Å²) in [6, 6.07) is 5.50. The molecule has 0 unspecified atom stereocenters. The lowest BCUT2D eigenvalue weighted by Gasteiger charge is -2.11. The Morgan fingerprint density at radius 1 is 1.24 bits per heavy atom. The van der Waals surface area contributed by atoms with Crippen molar-refractivity contribution in [3.63, 3.8) is 0 Å². The van der Waals surface area contributed by atoms with Crippen molar-refractivity contribution in [3.8, 4) is 5.75 Å². The van der Waals surface area contributed by atoms with Gasteiger partial charge in [-0.2, -0.15) is 13.2 Å². The van der Waals surface area contributed by atoms with E-state index in [0.29, 0.717) is 0 Å². The largest absolute Gasteiger partial charge is 0.496 e. The number of fused-ring (bicyclic) bond motifs is 1. The van der Waals surface area contributed by atoms with Crippen molar-refractivity contribution in [1.29, 1.82) is 0 Å². The quantitative estimate of drug-likeness (QED) is 0.630. The molecule has 0 aliphatic carbocycles. The Morgan fingerprint density at radius 2 is 1.97 bits per heavy atom. The molecule has 29 heavy (non-hydrogen) atoms. The summed E-state index contributed by atoms with van der Waals surface area (Å²) in [6.45, 7) is -0.274. The molecule has 0 fully saturated rings. The van der Waals surface area contributed by atoms with Crippen LogP contribution in [0.3, 0.4) is 0 Å². The first-order valence-corrected chi connectivity index (χ1v) is 9.45. The van der Waals surface area contributed by atoms with Crippen LogP contribution in [0, 0.1) is 0 Å². The van der Waals surface area contributed by atoms with E-state index in [2.05, 4.69) is 15.5 Å². The maximum absolute atomic E-state index is 12.9. The number of pyridine rings is 1. The maximum atomic E-state index is 12.9. The van der Waals surface area contributed by atoms with Gasteiger partial charge in [-0.3, -0.25) is 9.20 Å². The lowest BCUT2D eigenvalue weighted by molar-refractivity contribution is -0.137. The van der Waals surface area contributed by atoms with Gasteiger partial charge in [0.05, 0.1) is 29.7 Å². The third-order valence-electron chi connectivity index (χ3n) is 3.95. The van der Waals surface area contributed by atoms with Gasteiger partial charge in [0.1, 0.15) is 5.75 Å². The summed E-state index contributed by atoms with van der Waals surface area (Å²) in [5, 5.41) is 15.0. The molecule has 3 N–H and O–H groups in total. The number of rotatable bonds is 5. The molecule has 0 saturated carbocycles. The Labute approximate surface area is 162 Å². The number of amides is 1. The van der Waals surface area contributed by atoms with E-state index in [1.54, 1.807) is 0 Å². The minimum absolute atomic E-state index is 0.0426. The molecule has 0 radical (unpaired) electrons. The Hall–Kier alpha value is -3.19. The number of hydrogen-bond acceptors (Lipinski definition) is 6. The van der Waals surface area contributed by atoms with Crippen LogP contribution in [0.1, 0.15) is 21.7 Å². The number of nitrogens with zero attached hydrogens (tertiary/aromatic N) is 3. The van der Waals surface area contributed by atoms with Crippen molar-refractivity contribution in [1.82, 2.24) is 19.9 Å². The van der Waals surface area contributed by atoms with Gasteiger partial charge in [0, 0.05) is 6.20 Å². The summed E-state index contributed by atoms with van der Waals surface area (Å²) in [4.78, 5) is 12.2. The predicted octanol–water partition coefficient (Wildman–Crippen LogP) is 1.33. The molecule has 0 saturated heterocycles. The highest BCUT2D eigenvalue weighted by Gasteiger charge is 2.31. The summed E-state index contributed by atoms with van der Waals surface area (Å²) >= 11 is 0. The number of ether oxygens (including phenoxy) is 1. The molecule has 3 aromatic rings. The summed E-state index contributed by atoms with van der Waals surface area (Å²) < 4.78 is 67.9. The van der Waals surface area contributed by atoms with Crippen LogP contribution >= 0.6 is 0 Å². The predicted molar refractivity (Wildman–Crippen MR) is 93.5 cm³/mol. The van der Waals surface area contributed by atoms with E-state index in [9.17, 15) is 26.4 Å². The van der Waals surface area contributed by atoms with Gasteiger partial charge in [-0.25, -0.2) is 13.6 Å². The van der Waals surface area contributed by atoms with Crippen LogP contribution in [-0.4, -0.2) is 36.0 Å². The molecule has 9 nitrogen and oxygen atoms in total. The molecule has 13 heteroatoms. The zero-order valence-corrected chi connectivity index (χ0v) is 15.6. The van der Waals surface area contributed by atoms with Gasteiger partial charge in [-0.1, -0.05) is 0 Å². The molecule has 0 bridgehead atoms. The minimum atomic E-state index is -4.56. The lowest BCUT2D eigenvalue weighted by Crippen LogP contribution is -2.25. The number of aromatic nitrogens is 3. The normalized spacial score (nSPS) is 12.2. The van der Waals surface area contributed by atoms with Gasteiger partial charge >= 0.3 is 6.18 Å². The van der Waals surface area contributed by atoms with Crippen LogP contribution in [0.5, 0.6) is 5.75 Å². The average molecular weight is 429 g/mol. The third kappa shape index (κ3) is 4.30. The first-order chi connectivity index (χ1) is 13.5. The second-order valence-electron chi connectivity index (χ2n) is 5.85. The van der Waals surface area contributed by atoms with E-state index < -0.39 is 27.7 Å². The fourth-order valence-corrected chi connectivity index (χ4v) is 3.06. The molecular weight excluding hydrogens is 415 g/mol. The zero-order valence-electron chi connectivity index (χ0n) is 14.8. The van der Waals surface area contributed by atoms with E-state index in [-0.39, 0.29) is 34.2 Å². The van der Waals surface area contributed by atoms with Crippen molar-refractivity contribution in [2.75, 3.05) is 7.11 Å². The van der Waals surface area contributed by atoms with Crippen molar-refractivity contribution in [2.24, 2.45) is 5.14 Å². The summed E-state index contributed by atoms with van der Waals surface area (Å²) in [6.07, 6.45) is -3.74. The number of sulfonamides is 1. The van der Waals surface area contributed by atoms with E-state index in [0.717, 1.165) is 28.8 Å². The summed E-state index contributed by atoms with van der Waals surface area (Å²) in [5.41, 5.74) is -0.861. The molecule has 0 aliphatic rings. The minimum Gasteiger partial charge on any atom is -0.496 e. The number of benzene rings is 1. The highest BCUT2D eigenvalue weighted by atomic mass is 32.2. The Kier molecular flexibility index (Phi) is 5.19. The maximum Gasteiger partial charge on any atom is 0.417 e. The van der Waals surface area contributed by atoms with Crippen LogP contribution in [0.2, 0.25) is 0 Å². The number of halogens is 3. The standard InChI is InChI=1S/C16H14F3N5O4S/c1-28-12-4-3-10(29(20,26)27)6-11(12)15(25)21-7-14-23-22-13-5-2-9(8-24(13)14)16(17,18)19/h2-6,8H,7H2,1H3,(H,21,25)(H2,20,26,27). The fourth-order valence-electron chi connectivity index (χ4n) is 2.52.